The molecule has 28 heavy (non-hydrogen) atoms. The highest BCUT2D eigenvalue weighted by Crippen LogP contribution is 2.48. The van der Waals surface area contributed by atoms with Gasteiger partial charge in [0.1, 0.15) is 0 Å². The first-order valence-electron chi connectivity index (χ1n) is 11.5. The summed E-state index contributed by atoms with van der Waals surface area (Å²) in [6.07, 6.45) is 14.9. The molecule has 1 aliphatic carbocycles. The van der Waals surface area contributed by atoms with E-state index in [0.717, 1.165) is 11.6 Å². The van der Waals surface area contributed by atoms with Crippen molar-refractivity contribution in [2.24, 2.45) is 5.41 Å². The third-order valence-electron chi connectivity index (χ3n) is 6.93. The highest BCUT2D eigenvalue weighted by Gasteiger charge is 2.35. The maximum atomic E-state index is 5.91. The minimum atomic E-state index is 0.489. The number of aryl methyl sites for hydroxylation is 1. The van der Waals surface area contributed by atoms with Crippen LogP contribution >= 0.6 is 0 Å². The molecule has 0 aliphatic heterocycles. The zero-order valence-corrected chi connectivity index (χ0v) is 18.1. The maximum Gasteiger partial charge on any atom is 0.0314 e. The van der Waals surface area contributed by atoms with Gasteiger partial charge in [-0.05, 0) is 80.0 Å². The van der Waals surface area contributed by atoms with Gasteiger partial charge in [-0.25, -0.2) is 0 Å². The van der Waals surface area contributed by atoms with Crippen molar-refractivity contribution in [3.8, 4) is 0 Å². The molecule has 1 aliphatic rings. The van der Waals surface area contributed by atoms with Gasteiger partial charge in [0.2, 0.25) is 0 Å². The summed E-state index contributed by atoms with van der Waals surface area (Å²) in [5.74, 6) is 0.750. The molecule has 0 atom stereocenters. The van der Waals surface area contributed by atoms with Gasteiger partial charge < -0.3 is 5.73 Å². The monoisotopic (exact) mass is 377 g/mol. The van der Waals surface area contributed by atoms with Crippen LogP contribution in [0.4, 0.5) is 5.69 Å². The molecule has 0 bridgehead atoms. The average molecular weight is 378 g/mol. The summed E-state index contributed by atoms with van der Waals surface area (Å²) in [5, 5.41) is 0. The second kappa shape index (κ2) is 10.1. The van der Waals surface area contributed by atoms with Gasteiger partial charge in [0.05, 0.1) is 0 Å². The lowest BCUT2D eigenvalue weighted by Crippen LogP contribution is -2.29. The van der Waals surface area contributed by atoms with Crippen molar-refractivity contribution in [3.63, 3.8) is 0 Å². The number of rotatable bonds is 9. The van der Waals surface area contributed by atoms with Crippen molar-refractivity contribution in [2.45, 2.75) is 90.4 Å². The lowest BCUT2D eigenvalue weighted by molar-refractivity contribution is 0.152. The lowest BCUT2D eigenvalue weighted by atomic mass is 9.64. The van der Waals surface area contributed by atoms with Crippen LogP contribution in [0.15, 0.2) is 48.5 Å². The van der Waals surface area contributed by atoms with E-state index >= 15 is 0 Å². The minimum Gasteiger partial charge on any atom is -0.399 e. The highest BCUT2D eigenvalue weighted by atomic mass is 14.5. The normalized spacial score (nSPS) is 22.3. The molecule has 0 unspecified atom stereocenters. The number of nitrogen functional groups attached to an aromatic ring is 1. The Morgan fingerprint density at radius 2 is 1.64 bits per heavy atom. The van der Waals surface area contributed by atoms with Gasteiger partial charge in [-0.2, -0.15) is 0 Å². The van der Waals surface area contributed by atoms with E-state index in [0.29, 0.717) is 5.41 Å². The first-order chi connectivity index (χ1) is 13.6. The minimum absolute atomic E-state index is 0.489. The largest absolute Gasteiger partial charge is 0.399 e. The lowest BCUT2D eigenvalue weighted by Gasteiger charge is -2.41. The van der Waals surface area contributed by atoms with E-state index in [1.165, 1.54) is 81.8 Å². The van der Waals surface area contributed by atoms with Gasteiger partial charge in [-0.1, -0.05) is 81.0 Å². The van der Waals surface area contributed by atoms with Crippen molar-refractivity contribution < 1.29 is 0 Å². The molecule has 0 radical (unpaired) electrons. The molecule has 1 saturated carbocycles. The fraction of sp³-hybridized carbons (Fsp3) is 0.556. The molecular weight excluding hydrogens is 338 g/mol. The molecule has 3 rings (SSSR count). The zero-order chi connectivity index (χ0) is 19.8. The second-order valence-electron chi connectivity index (χ2n) is 9.27. The van der Waals surface area contributed by atoms with E-state index in [2.05, 4.69) is 62.4 Å². The smallest absolute Gasteiger partial charge is 0.0314 e. The summed E-state index contributed by atoms with van der Waals surface area (Å²) in [4.78, 5) is 0. The highest BCUT2D eigenvalue weighted by molar-refractivity contribution is 5.39. The van der Waals surface area contributed by atoms with Crippen LogP contribution in [0.1, 0.15) is 93.7 Å². The van der Waals surface area contributed by atoms with E-state index in [9.17, 15) is 0 Å². The quantitative estimate of drug-likeness (QED) is 0.350. The van der Waals surface area contributed by atoms with Crippen LogP contribution in [0.25, 0.3) is 0 Å². The van der Waals surface area contributed by atoms with Crippen molar-refractivity contribution in [1.29, 1.82) is 0 Å². The van der Waals surface area contributed by atoms with Gasteiger partial charge in [0, 0.05) is 5.69 Å². The summed E-state index contributed by atoms with van der Waals surface area (Å²) in [6, 6.07) is 17.8. The van der Waals surface area contributed by atoms with Gasteiger partial charge in [0.25, 0.3) is 0 Å². The third kappa shape index (κ3) is 5.87. The Labute approximate surface area is 172 Å². The van der Waals surface area contributed by atoms with E-state index in [-0.39, 0.29) is 0 Å². The van der Waals surface area contributed by atoms with Crippen LogP contribution in [0.5, 0.6) is 0 Å². The Bertz CT molecular complexity index is 707. The SMILES string of the molecule is CCCCCCCC1(Cc2ccc(N)cc2)CCC(c2cccc(C)c2)CC1. The molecule has 2 aromatic rings. The van der Waals surface area contributed by atoms with Crippen molar-refractivity contribution in [3.05, 3.63) is 65.2 Å². The fourth-order valence-electron chi connectivity index (χ4n) is 5.17. The predicted molar refractivity (Wildman–Crippen MR) is 123 cm³/mol. The van der Waals surface area contributed by atoms with Crippen molar-refractivity contribution in [1.82, 2.24) is 0 Å². The van der Waals surface area contributed by atoms with Crippen LogP contribution in [0.3, 0.4) is 0 Å². The molecule has 0 saturated heterocycles. The van der Waals surface area contributed by atoms with Crippen LogP contribution in [-0.2, 0) is 6.42 Å². The molecule has 2 N–H and O–H groups in total. The number of benzene rings is 2. The standard InChI is InChI=1S/C27H39N/c1-3-4-5-6-7-17-27(21-23-11-13-26(28)14-12-23)18-15-24(16-19-27)25-10-8-9-22(2)20-25/h8-14,20,24H,3-7,15-19,21,28H2,1-2H3. The van der Waals surface area contributed by atoms with Crippen molar-refractivity contribution >= 4 is 5.69 Å². The summed E-state index contributed by atoms with van der Waals surface area (Å²) < 4.78 is 0. The van der Waals surface area contributed by atoms with Gasteiger partial charge in [-0.15, -0.1) is 0 Å². The summed E-state index contributed by atoms with van der Waals surface area (Å²) in [6.45, 7) is 4.52. The molecular formula is C27H39N. The number of hydrogen-bond acceptors (Lipinski definition) is 1. The Morgan fingerprint density at radius 3 is 2.32 bits per heavy atom. The molecule has 1 nitrogen and oxygen atoms in total. The fourth-order valence-corrected chi connectivity index (χ4v) is 5.17. The molecule has 0 amide bonds. The van der Waals surface area contributed by atoms with Crippen molar-refractivity contribution in [2.75, 3.05) is 5.73 Å². The summed E-state index contributed by atoms with van der Waals surface area (Å²) in [5.41, 5.74) is 11.7. The molecule has 2 aromatic carbocycles. The van der Waals surface area contributed by atoms with Gasteiger partial charge in [-0.3, -0.25) is 0 Å². The average Bonchev–Trinajstić information content (AvgIpc) is 2.70. The zero-order valence-electron chi connectivity index (χ0n) is 18.1. The Hall–Kier alpha value is -1.76. The topological polar surface area (TPSA) is 26.0 Å². The number of unbranched alkanes of at least 4 members (excludes halogenated alkanes) is 4. The van der Waals surface area contributed by atoms with E-state index in [1.54, 1.807) is 5.56 Å². The van der Waals surface area contributed by atoms with E-state index in [1.807, 2.05) is 0 Å². The summed E-state index contributed by atoms with van der Waals surface area (Å²) >= 11 is 0. The molecule has 1 fully saturated rings. The first kappa shape index (κ1) is 21.0. The van der Waals surface area contributed by atoms with Crippen LogP contribution in [0.2, 0.25) is 0 Å². The number of anilines is 1. The van der Waals surface area contributed by atoms with Gasteiger partial charge in [0.15, 0.2) is 0 Å². The van der Waals surface area contributed by atoms with E-state index < -0.39 is 0 Å². The van der Waals surface area contributed by atoms with Crippen LogP contribution in [0, 0.1) is 12.3 Å². The van der Waals surface area contributed by atoms with E-state index in [4.69, 9.17) is 5.73 Å². The molecule has 0 heterocycles. The maximum absolute atomic E-state index is 5.91. The molecule has 1 heteroatoms. The second-order valence-corrected chi connectivity index (χ2v) is 9.27. The van der Waals surface area contributed by atoms with Crippen LogP contribution < -0.4 is 5.73 Å². The Balaban J connectivity index is 1.65. The molecule has 152 valence electrons. The number of nitrogens with two attached hydrogens (primary N) is 1. The number of hydrogen-bond donors (Lipinski definition) is 1. The van der Waals surface area contributed by atoms with Gasteiger partial charge >= 0.3 is 0 Å². The molecule has 0 aromatic heterocycles. The Morgan fingerprint density at radius 1 is 0.929 bits per heavy atom. The first-order valence-corrected chi connectivity index (χ1v) is 11.5. The predicted octanol–water partition coefficient (Wildman–Crippen LogP) is 7.82. The summed E-state index contributed by atoms with van der Waals surface area (Å²) in [7, 11) is 0. The third-order valence-corrected chi connectivity index (χ3v) is 6.93. The Kier molecular flexibility index (Phi) is 7.59. The van der Waals surface area contributed by atoms with Crippen LogP contribution in [-0.4, -0.2) is 0 Å². The molecule has 0 spiro atoms.